The fourth-order valence-corrected chi connectivity index (χ4v) is 2.73. The SMILES string of the molecule is Cc1cc(=O)n2[nH]c(C3(N)CCC(C)CC3)nc2n1. The fraction of sp³-hybridized carbons (Fsp3) is 0.615. The van der Waals surface area contributed by atoms with E-state index in [4.69, 9.17) is 5.73 Å². The van der Waals surface area contributed by atoms with E-state index in [9.17, 15) is 4.79 Å². The summed E-state index contributed by atoms with van der Waals surface area (Å²) >= 11 is 0. The number of aromatic amines is 1. The summed E-state index contributed by atoms with van der Waals surface area (Å²) in [7, 11) is 0. The molecular formula is C13H19N5O. The summed E-state index contributed by atoms with van der Waals surface area (Å²) in [6, 6.07) is 1.49. The minimum absolute atomic E-state index is 0.144. The summed E-state index contributed by atoms with van der Waals surface area (Å²) in [4.78, 5) is 20.6. The molecule has 0 aliphatic heterocycles. The first-order valence-electron chi connectivity index (χ1n) is 6.74. The van der Waals surface area contributed by atoms with Crippen LogP contribution in [0.3, 0.4) is 0 Å². The molecule has 0 atom stereocenters. The highest BCUT2D eigenvalue weighted by Crippen LogP contribution is 2.35. The van der Waals surface area contributed by atoms with Crippen molar-refractivity contribution >= 4 is 5.78 Å². The Labute approximate surface area is 111 Å². The van der Waals surface area contributed by atoms with E-state index in [-0.39, 0.29) is 5.56 Å². The maximum atomic E-state index is 11.9. The van der Waals surface area contributed by atoms with Gasteiger partial charge in [-0.1, -0.05) is 6.92 Å². The maximum absolute atomic E-state index is 11.9. The maximum Gasteiger partial charge on any atom is 0.274 e. The molecule has 1 aliphatic carbocycles. The number of nitrogens with two attached hydrogens (primary N) is 1. The Morgan fingerprint density at radius 3 is 2.79 bits per heavy atom. The van der Waals surface area contributed by atoms with Gasteiger partial charge in [-0.15, -0.1) is 0 Å². The van der Waals surface area contributed by atoms with E-state index in [1.807, 2.05) is 0 Å². The number of aromatic nitrogens is 4. The van der Waals surface area contributed by atoms with Crippen molar-refractivity contribution in [3.05, 3.63) is 27.9 Å². The van der Waals surface area contributed by atoms with Crippen molar-refractivity contribution in [2.24, 2.45) is 11.7 Å². The van der Waals surface area contributed by atoms with E-state index < -0.39 is 5.54 Å². The topological polar surface area (TPSA) is 89.1 Å². The van der Waals surface area contributed by atoms with Crippen LogP contribution in [0.4, 0.5) is 0 Å². The Balaban J connectivity index is 2.06. The molecule has 1 aliphatic rings. The van der Waals surface area contributed by atoms with Crippen LogP contribution in [0.25, 0.3) is 5.78 Å². The fourth-order valence-electron chi connectivity index (χ4n) is 2.73. The molecule has 0 bridgehead atoms. The second-order valence-electron chi connectivity index (χ2n) is 5.78. The lowest BCUT2D eigenvalue weighted by Gasteiger charge is -2.34. The number of hydrogen-bond acceptors (Lipinski definition) is 4. The lowest BCUT2D eigenvalue weighted by Crippen LogP contribution is -2.41. The molecule has 0 radical (unpaired) electrons. The zero-order valence-electron chi connectivity index (χ0n) is 11.3. The quantitative estimate of drug-likeness (QED) is 0.804. The largest absolute Gasteiger partial charge is 0.319 e. The van der Waals surface area contributed by atoms with Crippen LogP contribution in [0.15, 0.2) is 10.9 Å². The third-order valence-corrected chi connectivity index (χ3v) is 4.10. The van der Waals surface area contributed by atoms with Gasteiger partial charge < -0.3 is 5.73 Å². The van der Waals surface area contributed by atoms with Gasteiger partial charge in [-0.2, -0.15) is 9.50 Å². The third kappa shape index (κ3) is 2.06. The smallest absolute Gasteiger partial charge is 0.274 e. The zero-order valence-corrected chi connectivity index (χ0v) is 11.3. The normalized spacial score (nSPS) is 27.8. The molecule has 102 valence electrons. The van der Waals surface area contributed by atoms with E-state index in [0.717, 1.165) is 25.7 Å². The summed E-state index contributed by atoms with van der Waals surface area (Å²) in [6.07, 6.45) is 3.97. The second-order valence-corrected chi connectivity index (χ2v) is 5.78. The van der Waals surface area contributed by atoms with Crippen LogP contribution in [0, 0.1) is 12.8 Å². The highest BCUT2D eigenvalue weighted by Gasteiger charge is 2.35. The van der Waals surface area contributed by atoms with Gasteiger partial charge in [-0.25, -0.2) is 4.98 Å². The minimum Gasteiger partial charge on any atom is -0.319 e. The lowest BCUT2D eigenvalue weighted by molar-refractivity contribution is 0.237. The summed E-state index contributed by atoms with van der Waals surface area (Å²) in [5, 5.41) is 3.02. The minimum atomic E-state index is -0.458. The van der Waals surface area contributed by atoms with Crippen LogP contribution in [0.2, 0.25) is 0 Å². The molecule has 0 saturated heterocycles. The summed E-state index contributed by atoms with van der Waals surface area (Å²) in [5.41, 5.74) is 6.53. The van der Waals surface area contributed by atoms with Crippen molar-refractivity contribution in [1.82, 2.24) is 19.6 Å². The van der Waals surface area contributed by atoms with E-state index in [1.54, 1.807) is 6.92 Å². The molecule has 0 spiro atoms. The monoisotopic (exact) mass is 261 g/mol. The van der Waals surface area contributed by atoms with Gasteiger partial charge in [-0.3, -0.25) is 9.89 Å². The molecular weight excluding hydrogens is 242 g/mol. The number of aryl methyl sites for hydroxylation is 1. The molecule has 0 amide bonds. The average molecular weight is 261 g/mol. The van der Waals surface area contributed by atoms with Crippen molar-refractivity contribution in [3.8, 4) is 0 Å². The highest BCUT2D eigenvalue weighted by atomic mass is 16.1. The summed E-state index contributed by atoms with van der Waals surface area (Å²) in [5.74, 6) is 1.79. The molecule has 2 aromatic heterocycles. The number of H-pyrrole nitrogens is 1. The van der Waals surface area contributed by atoms with Gasteiger partial charge in [0, 0.05) is 11.8 Å². The van der Waals surface area contributed by atoms with E-state index in [0.29, 0.717) is 23.2 Å². The molecule has 2 heterocycles. The molecule has 0 unspecified atom stereocenters. The molecule has 6 nitrogen and oxygen atoms in total. The Hall–Kier alpha value is -1.69. The van der Waals surface area contributed by atoms with Gasteiger partial charge >= 0.3 is 0 Å². The van der Waals surface area contributed by atoms with Gasteiger partial charge in [0.05, 0.1) is 5.54 Å². The molecule has 3 rings (SSSR count). The highest BCUT2D eigenvalue weighted by molar-refractivity contribution is 5.29. The van der Waals surface area contributed by atoms with Gasteiger partial charge in [-0.05, 0) is 38.5 Å². The molecule has 0 aromatic carbocycles. The number of nitrogens with zero attached hydrogens (tertiary/aromatic N) is 3. The molecule has 19 heavy (non-hydrogen) atoms. The van der Waals surface area contributed by atoms with Crippen LogP contribution < -0.4 is 11.3 Å². The third-order valence-electron chi connectivity index (χ3n) is 4.10. The van der Waals surface area contributed by atoms with Crippen LogP contribution >= 0.6 is 0 Å². The predicted molar refractivity (Wildman–Crippen MR) is 71.8 cm³/mol. The Morgan fingerprint density at radius 2 is 2.11 bits per heavy atom. The Morgan fingerprint density at radius 1 is 1.42 bits per heavy atom. The van der Waals surface area contributed by atoms with Crippen molar-refractivity contribution in [2.45, 2.75) is 45.1 Å². The summed E-state index contributed by atoms with van der Waals surface area (Å²) in [6.45, 7) is 4.03. The second kappa shape index (κ2) is 4.16. The van der Waals surface area contributed by atoms with Gasteiger partial charge in [0.1, 0.15) is 5.82 Å². The predicted octanol–water partition coefficient (Wildman–Crippen LogP) is 1.09. The molecule has 1 saturated carbocycles. The Bertz CT molecular complexity index is 663. The van der Waals surface area contributed by atoms with Gasteiger partial charge in [0.2, 0.25) is 0 Å². The molecule has 2 aromatic rings. The van der Waals surface area contributed by atoms with Gasteiger partial charge in [0.15, 0.2) is 0 Å². The first-order chi connectivity index (χ1) is 8.98. The first kappa shape index (κ1) is 12.3. The number of rotatable bonds is 1. The number of fused-ring (bicyclic) bond motifs is 1. The van der Waals surface area contributed by atoms with E-state index in [1.165, 1.54) is 10.6 Å². The van der Waals surface area contributed by atoms with Crippen LogP contribution in [-0.4, -0.2) is 19.6 Å². The van der Waals surface area contributed by atoms with Crippen molar-refractivity contribution in [1.29, 1.82) is 0 Å². The van der Waals surface area contributed by atoms with Crippen molar-refractivity contribution in [3.63, 3.8) is 0 Å². The molecule has 1 fully saturated rings. The summed E-state index contributed by atoms with van der Waals surface area (Å²) < 4.78 is 1.37. The van der Waals surface area contributed by atoms with Crippen LogP contribution in [0.1, 0.15) is 44.1 Å². The lowest BCUT2D eigenvalue weighted by atomic mass is 9.77. The first-order valence-corrected chi connectivity index (χ1v) is 6.74. The Kier molecular flexibility index (Phi) is 2.70. The van der Waals surface area contributed by atoms with Crippen LogP contribution in [-0.2, 0) is 5.54 Å². The van der Waals surface area contributed by atoms with Crippen molar-refractivity contribution in [2.75, 3.05) is 0 Å². The average Bonchev–Trinajstić information content (AvgIpc) is 2.78. The number of nitrogens with one attached hydrogen (secondary N) is 1. The number of hydrogen-bond donors (Lipinski definition) is 2. The van der Waals surface area contributed by atoms with Crippen LogP contribution in [0.5, 0.6) is 0 Å². The zero-order chi connectivity index (χ0) is 13.6. The molecule has 6 heteroatoms. The standard InChI is InChI=1S/C13H19N5O/c1-8-3-5-13(14,6-4-8)11-16-12-15-9(2)7-10(19)18(12)17-11/h7-8H,3-6,14H2,1-2H3,(H,15,16,17). The van der Waals surface area contributed by atoms with Crippen molar-refractivity contribution < 1.29 is 0 Å². The van der Waals surface area contributed by atoms with E-state index >= 15 is 0 Å². The van der Waals surface area contributed by atoms with Gasteiger partial charge in [0.25, 0.3) is 11.3 Å². The van der Waals surface area contributed by atoms with E-state index in [2.05, 4.69) is 22.0 Å². The molecule has 3 N–H and O–H groups in total.